The van der Waals surface area contributed by atoms with E-state index in [1.807, 2.05) is 24.3 Å². The van der Waals surface area contributed by atoms with Crippen molar-refractivity contribution >= 4 is 23.2 Å². The maximum Gasteiger partial charge on any atom is 0.260 e. The third-order valence-corrected chi connectivity index (χ3v) is 4.33. The molecule has 24 heavy (non-hydrogen) atoms. The van der Waals surface area contributed by atoms with E-state index in [4.69, 9.17) is 16.3 Å². The highest BCUT2D eigenvalue weighted by molar-refractivity contribution is 6.33. The number of anilines is 1. The lowest BCUT2D eigenvalue weighted by Gasteiger charge is -2.36. The van der Waals surface area contributed by atoms with Crippen molar-refractivity contribution in [1.29, 1.82) is 0 Å². The molecule has 0 saturated carbocycles. The molecule has 1 fully saturated rings. The van der Waals surface area contributed by atoms with Crippen LogP contribution in [0.1, 0.15) is 0 Å². The molecule has 0 aromatic heterocycles. The topological polar surface area (TPSA) is 32.8 Å². The number of carbonyl (C=O) groups excluding carboxylic acids is 1. The molecule has 1 aliphatic heterocycles. The number of nitrogens with zero attached hydrogens (tertiary/aromatic N) is 2. The number of benzene rings is 2. The average Bonchev–Trinajstić information content (AvgIpc) is 2.61. The Morgan fingerprint density at radius 3 is 2.42 bits per heavy atom. The Morgan fingerprint density at radius 1 is 1.04 bits per heavy atom. The van der Waals surface area contributed by atoms with Gasteiger partial charge < -0.3 is 14.5 Å². The minimum absolute atomic E-state index is 0.0977. The minimum atomic E-state index is -0.464. The lowest BCUT2D eigenvalue weighted by atomic mass is 10.2. The summed E-state index contributed by atoms with van der Waals surface area (Å²) < 4.78 is 18.8. The number of hydrogen-bond acceptors (Lipinski definition) is 3. The van der Waals surface area contributed by atoms with Gasteiger partial charge in [0.05, 0.1) is 10.7 Å². The third kappa shape index (κ3) is 3.79. The fourth-order valence-electron chi connectivity index (χ4n) is 2.70. The number of halogens is 2. The molecule has 2 aromatic carbocycles. The van der Waals surface area contributed by atoms with Crippen molar-refractivity contribution in [3.63, 3.8) is 0 Å². The molecular weight excluding hydrogens is 331 g/mol. The van der Waals surface area contributed by atoms with Crippen molar-refractivity contribution < 1.29 is 13.9 Å². The Kier molecular flexibility index (Phi) is 5.20. The fourth-order valence-corrected chi connectivity index (χ4v) is 2.95. The summed E-state index contributed by atoms with van der Waals surface area (Å²) in [5.74, 6) is -0.508. The lowest BCUT2D eigenvalue weighted by Crippen LogP contribution is -2.50. The second-order valence-corrected chi connectivity index (χ2v) is 5.95. The summed E-state index contributed by atoms with van der Waals surface area (Å²) in [6.07, 6.45) is 0. The first kappa shape index (κ1) is 16.6. The number of para-hydroxylation sites is 2. The zero-order chi connectivity index (χ0) is 16.9. The Balaban J connectivity index is 1.52. The van der Waals surface area contributed by atoms with Crippen molar-refractivity contribution in [2.45, 2.75) is 0 Å². The first-order valence-electron chi connectivity index (χ1n) is 7.80. The maximum atomic E-state index is 13.5. The molecule has 2 aromatic rings. The van der Waals surface area contributed by atoms with Gasteiger partial charge in [-0.3, -0.25) is 4.79 Å². The molecule has 1 saturated heterocycles. The van der Waals surface area contributed by atoms with Crippen LogP contribution in [0.3, 0.4) is 0 Å². The fraction of sp³-hybridized carbons (Fsp3) is 0.278. The zero-order valence-electron chi connectivity index (χ0n) is 13.1. The molecule has 0 N–H and O–H groups in total. The van der Waals surface area contributed by atoms with E-state index in [1.54, 1.807) is 17.0 Å². The molecule has 0 spiro atoms. The van der Waals surface area contributed by atoms with Gasteiger partial charge in [0.25, 0.3) is 5.91 Å². The van der Waals surface area contributed by atoms with Crippen LogP contribution in [0.15, 0.2) is 48.5 Å². The van der Waals surface area contributed by atoms with Gasteiger partial charge in [-0.15, -0.1) is 0 Å². The van der Waals surface area contributed by atoms with Crippen LogP contribution >= 0.6 is 11.6 Å². The number of rotatable bonds is 4. The van der Waals surface area contributed by atoms with E-state index < -0.39 is 5.82 Å². The first-order valence-corrected chi connectivity index (χ1v) is 8.17. The minimum Gasteiger partial charge on any atom is -0.481 e. The van der Waals surface area contributed by atoms with Gasteiger partial charge in [0.15, 0.2) is 18.2 Å². The second-order valence-electron chi connectivity index (χ2n) is 5.54. The molecule has 6 heteroatoms. The standard InChI is InChI=1S/C18H18ClFN2O2/c19-14-5-1-3-7-16(14)21-9-11-22(12-10-21)18(23)13-24-17-8-4-2-6-15(17)20/h1-8H,9-13H2. The third-order valence-electron chi connectivity index (χ3n) is 4.01. The molecule has 0 bridgehead atoms. The molecule has 0 radical (unpaired) electrons. The monoisotopic (exact) mass is 348 g/mol. The summed E-state index contributed by atoms with van der Waals surface area (Å²) in [6, 6.07) is 13.7. The van der Waals surface area contributed by atoms with Gasteiger partial charge in [0.2, 0.25) is 0 Å². The number of piperazine rings is 1. The molecule has 0 atom stereocenters. The highest BCUT2D eigenvalue weighted by atomic mass is 35.5. The van der Waals surface area contributed by atoms with E-state index >= 15 is 0 Å². The van der Waals surface area contributed by atoms with E-state index in [0.29, 0.717) is 31.2 Å². The summed E-state index contributed by atoms with van der Waals surface area (Å²) >= 11 is 6.21. The van der Waals surface area contributed by atoms with Crippen LogP contribution in [0.25, 0.3) is 0 Å². The van der Waals surface area contributed by atoms with Gasteiger partial charge in [0.1, 0.15) is 0 Å². The van der Waals surface area contributed by atoms with Crippen LogP contribution in [0.2, 0.25) is 5.02 Å². The molecule has 1 heterocycles. The van der Waals surface area contributed by atoms with E-state index in [0.717, 1.165) is 5.69 Å². The molecule has 0 aliphatic carbocycles. The van der Waals surface area contributed by atoms with Gasteiger partial charge >= 0.3 is 0 Å². The zero-order valence-corrected chi connectivity index (χ0v) is 13.9. The normalized spacial score (nSPS) is 14.6. The largest absolute Gasteiger partial charge is 0.481 e. The Labute approximate surface area is 145 Å². The molecule has 3 rings (SSSR count). The van der Waals surface area contributed by atoms with Crippen molar-refractivity contribution in [3.05, 3.63) is 59.4 Å². The van der Waals surface area contributed by atoms with Crippen LogP contribution in [-0.4, -0.2) is 43.6 Å². The van der Waals surface area contributed by atoms with Crippen molar-refractivity contribution in [2.24, 2.45) is 0 Å². The van der Waals surface area contributed by atoms with Crippen molar-refractivity contribution in [1.82, 2.24) is 4.90 Å². The number of hydrogen-bond donors (Lipinski definition) is 0. The highest BCUT2D eigenvalue weighted by Crippen LogP contribution is 2.26. The summed E-state index contributed by atoms with van der Waals surface area (Å²) in [6.45, 7) is 2.42. The molecule has 1 aliphatic rings. The van der Waals surface area contributed by atoms with Crippen molar-refractivity contribution in [3.8, 4) is 5.75 Å². The average molecular weight is 349 g/mol. The highest BCUT2D eigenvalue weighted by Gasteiger charge is 2.22. The summed E-state index contributed by atoms with van der Waals surface area (Å²) in [4.78, 5) is 16.1. The number of carbonyl (C=O) groups is 1. The van der Waals surface area contributed by atoms with Gasteiger partial charge in [-0.2, -0.15) is 0 Å². The van der Waals surface area contributed by atoms with E-state index in [2.05, 4.69) is 4.90 Å². The summed E-state index contributed by atoms with van der Waals surface area (Å²) in [7, 11) is 0. The Hall–Kier alpha value is -2.27. The van der Waals surface area contributed by atoms with Gasteiger partial charge in [-0.05, 0) is 24.3 Å². The van der Waals surface area contributed by atoms with Gasteiger partial charge in [-0.1, -0.05) is 35.9 Å². The smallest absolute Gasteiger partial charge is 0.260 e. The van der Waals surface area contributed by atoms with E-state index in [9.17, 15) is 9.18 Å². The number of amides is 1. The summed E-state index contributed by atoms with van der Waals surface area (Å²) in [5.41, 5.74) is 0.980. The van der Waals surface area contributed by atoms with Crippen LogP contribution in [-0.2, 0) is 4.79 Å². The van der Waals surface area contributed by atoms with E-state index in [-0.39, 0.29) is 18.3 Å². The SMILES string of the molecule is O=C(COc1ccccc1F)N1CCN(c2ccccc2Cl)CC1. The van der Waals surface area contributed by atoms with Crippen LogP contribution in [0, 0.1) is 5.82 Å². The maximum absolute atomic E-state index is 13.5. The second kappa shape index (κ2) is 7.53. The van der Waals surface area contributed by atoms with Crippen LogP contribution in [0.5, 0.6) is 5.75 Å². The quantitative estimate of drug-likeness (QED) is 0.850. The lowest BCUT2D eigenvalue weighted by molar-refractivity contribution is -0.133. The predicted octanol–water partition coefficient (Wildman–Crippen LogP) is 3.21. The molecule has 126 valence electrons. The van der Waals surface area contributed by atoms with Gasteiger partial charge in [-0.25, -0.2) is 4.39 Å². The predicted molar refractivity (Wildman–Crippen MR) is 92.1 cm³/mol. The van der Waals surface area contributed by atoms with Crippen molar-refractivity contribution in [2.75, 3.05) is 37.7 Å². The summed E-state index contributed by atoms with van der Waals surface area (Å²) in [5, 5.41) is 0.708. The Morgan fingerprint density at radius 2 is 1.71 bits per heavy atom. The molecular formula is C18H18ClFN2O2. The van der Waals surface area contributed by atoms with E-state index in [1.165, 1.54) is 12.1 Å². The van der Waals surface area contributed by atoms with Crippen LogP contribution in [0.4, 0.5) is 10.1 Å². The van der Waals surface area contributed by atoms with Crippen LogP contribution < -0.4 is 9.64 Å². The Bertz CT molecular complexity index is 718. The van der Waals surface area contributed by atoms with Gasteiger partial charge in [0, 0.05) is 26.2 Å². The molecule has 0 unspecified atom stereocenters. The molecule has 1 amide bonds. The molecule has 4 nitrogen and oxygen atoms in total. The first-order chi connectivity index (χ1) is 11.6. The number of ether oxygens (including phenoxy) is 1.